The molecule has 0 aliphatic carbocycles. The van der Waals surface area contributed by atoms with E-state index < -0.39 is 48.2 Å². The van der Waals surface area contributed by atoms with Gasteiger partial charge in [-0.05, 0) is 0 Å². The highest BCUT2D eigenvalue weighted by atomic mass is 19.1. The van der Waals surface area contributed by atoms with Crippen LogP contribution in [-0.2, 0) is 4.74 Å². The van der Waals surface area contributed by atoms with Gasteiger partial charge in [-0.15, -0.1) is 0 Å². The molecule has 106 valence electrons. The minimum atomic E-state index is -1.19. The maximum Gasteiger partial charge on any atom is 0.330 e. The number of H-pyrrole nitrogens is 1. The Hall–Kier alpha value is -1.55. The fourth-order valence-corrected chi connectivity index (χ4v) is 2.04. The van der Waals surface area contributed by atoms with Gasteiger partial charge in [0.25, 0.3) is 5.56 Å². The Morgan fingerprint density at radius 2 is 2.32 bits per heavy atom. The second-order valence-electron chi connectivity index (χ2n) is 4.35. The Balaban J connectivity index is 2.28. The summed E-state index contributed by atoms with van der Waals surface area (Å²) in [4.78, 5) is 24.2. The van der Waals surface area contributed by atoms with Gasteiger partial charge in [-0.25, -0.2) is 4.79 Å². The fraction of sp³-hybridized carbons (Fsp3) is 0.600. The molecular formula is C10H14FN3O5. The largest absolute Gasteiger partial charge is 0.394 e. The van der Waals surface area contributed by atoms with Gasteiger partial charge >= 0.3 is 5.69 Å². The van der Waals surface area contributed by atoms with Crippen molar-refractivity contribution in [1.82, 2.24) is 9.55 Å². The van der Waals surface area contributed by atoms with Gasteiger partial charge in [0, 0.05) is 12.5 Å². The molecule has 1 aliphatic rings. The molecule has 1 aromatic heterocycles. The van der Waals surface area contributed by atoms with E-state index in [1.165, 1.54) is 0 Å². The normalized spacial score (nSPS) is 28.5. The lowest BCUT2D eigenvalue weighted by molar-refractivity contribution is -0.0783. The summed E-state index contributed by atoms with van der Waals surface area (Å²) < 4.78 is 19.3. The Labute approximate surface area is 106 Å². The third-order valence-corrected chi connectivity index (χ3v) is 3.01. The van der Waals surface area contributed by atoms with E-state index in [0.29, 0.717) is 0 Å². The second kappa shape index (κ2) is 5.21. The van der Waals surface area contributed by atoms with Crippen LogP contribution in [0.2, 0.25) is 0 Å². The van der Waals surface area contributed by atoms with E-state index in [1.807, 2.05) is 0 Å². The second-order valence-corrected chi connectivity index (χ2v) is 4.35. The fourth-order valence-electron chi connectivity index (χ4n) is 2.04. The van der Waals surface area contributed by atoms with Crippen LogP contribution in [0.25, 0.3) is 0 Å². The van der Waals surface area contributed by atoms with Gasteiger partial charge in [0.1, 0.15) is 18.4 Å². The van der Waals surface area contributed by atoms with Gasteiger partial charge in [-0.3, -0.25) is 14.3 Å². The van der Waals surface area contributed by atoms with Gasteiger partial charge in [0.2, 0.25) is 5.82 Å². The van der Waals surface area contributed by atoms with Crippen LogP contribution in [0.5, 0.6) is 0 Å². The molecule has 1 saturated heterocycles. The van der Waals surface area contributed by atoms with E-state index in [-0.39, 0.29) is 6.42 Å². The van der Waals surface area contributed by atoms with Gasteiger partial charge in [0.15, 0.2) is 0 Å². The van der Waals surface area contributed by atoms with E-state index in [9.17, 15) is 19.1 Å². The summed E-state index contributed by atoms with van der Waals surface area (Å²) in [6.45, 7) is -0.542. The summed E-state index contributed by atoms with van der Waals surface area (Å²) in [6.07, 6.45) is -2.08. The standard InChI is InChI=1S/C10H14FN3O5/c11-4-2-14(10(18)13-9(4)17)7-1-5(12)8(19-7)6(16)3-15/h2,5-8,15-16H,1,3,12H2,(H,13,17,18)/t5-,6+,7-,8-/m0/s1. The molecule has 0 saturated carbocycles. The van der Waals surface area contributed by atoms with Crippen LogP contribution in [0.1, 0.15) is 12.6 Å². The van der Waals surface area contributed by atoms with Crippen molar-refractivity contribution in [1.29, 1.82) is 0 Å². The number of ether oxygens (including phenoxy) is 1. The van der Waals surface area contributed by atoms with Crippen LogP contribution >= 0.6 is 0 Å². The van der Waals surface area contributed by atoms with E-state index in [0.717, 1.165) is 10.8 Å². The van der Waals surface area contributed by atoms with Crippen molar-refractivity contribution in [2.45, 2.75) is 30.9 Å². The zero-order valence-electron chi connectivity index (χ0n) is 9.82. The number of hydrogen-bond acceptors (Lipinski definition) is 6. The molecule has 19 heavy (non-hydrogen) atoms. The maximum absolute atomic E-state index is 13.2. The molecule has 4 atom stereocenters. The molecule has 8 nitrogen and oxygen atoms in total. The molecule has 0 bridgehead atoms. The molecule has 1 fully saturated rings. The summed E-state index contributed by atoms with van der Waals surface area (Å²) in [7, 11) is 0. The van der Waals surface area contributed by atoms with Crippen molar-refractivity contribution in [3.8, 4) is 0 Å². The Kier molecular flexibility index (Phi) is 3.80. The summed E-state index contributed by atoms with van der Waals surface area (Å²) in [5, 5.41) is 18.3. The minimum absolute atomic E-state index is 0.146. The average molecular weight is 275 g/mol. The van der Waals surface area contributed by atoms with Crippen LogP contribution in [0, 0.1) is 5.82 Å². The Bertz CT molecular complexity index is 571. The maximum atomic E-state index is 13.2. The summed E-state index contributed by atoms with van der Waals surface area (Å²) in [6, 6.07) is -0.617. The lowest BCUT2D eigenvalue weighted by Gasteiger charge is -2.20. The van der Waals surface area contributed by atoms with Crippen molar-refractivity contribution in [3.05, 3.63) is 32.9 Å². The summed E-state index contributed by atoms with van der Waals surface area (Å²) in [5.74, 6) is -1.12. The number of aliphatic hydroxyl groups excluding tert-OH is 2. The van der Waals surface area contributed by atoms with Crippen molar-refractivity contribution >= 4 is 0 Å². The summed E-state index contributed by atoms with van der Waals surface area (Å²) in [5.41, 5.74) is 3.78. The first-order valence-electron chi connectivity index (χ1n) is 5.65. The first kappa shape index (κ1) is 13.9. The molecule has 2 heterocycles. The molecule has 5 N–H and O–H groups in total. The molecule has 0 aromatic carbocycles. The highest BCUT2D eigenvalue weighted by Crippen LogP contribution is 2.28. The van der Waals surface area contributed by atoms with Gasteiger partial charge in [-0.1, -0.05) is 0 Å². The van der Waals surface area contributed by atoms with E-state index in [1.54, 1.807) is 4.98 Å². The number of halogens is 1. The molecule has 2 rings (SSSR count). The van der Waals surface area contributed by atoms with Crippen molar-refractivity contribution < 1.29 is 19.3 Å². The Morgan fingerprint density at radius 1 is 1.63 bits per heavy atom. The highest BCUT2D eigenvalue weighted by Gasteiger charge is 2.38. The van der Waals surface area contributed by atoms with E-state index in [2.05, 4.69) is 0 Å². The van der Waals surface area contributed by atoms with E-state index >= 15 is 0 Å². The Morgan fingerprint density at radius 3 is 2.95 bits per heavy atom. The van der Waals surface area contributed by atoms with Crippen molar-refractivity contribution in [2.24, 2.45) is 5.73 Å². The molecule has 0 unspecified atom stereocenters. The number of aromatic nitrogens is 2. The topological polar surface area (TPSA) is 131 Å². The number of hydrogen-bond donors (Lipinski definition) is 4. The minimum Gasteiger partial charge on any atom is -0.394 e. The SMILES string of the molecule is N[C@H]1C[C@@H](n2cc(F)c(=O)[nH]c2=O)O[C@@H]1[C@H](O)CO. The number of nitrogens with one attached hydrogen (secondary N) is 1. The molecule has 0 spiro atoms. The quantitative estimate of drug-likeness (QED) is 0.488. The molecular weight excluding hydrogens is 261 g/mol. The molecule has 1 aromatic rings. The number of nitrogens with zero attached hydrogens (tertiary/aromatic N) is 1. The molecule has 0 amide bonds. The molecule has 0 radical (unpaired) electrons. The summed E-state index contributed by atoms with van der Waals surface area (Å²) >= 11 is 0. The van der Waals surface area contributed by atoms with Crippen LogP contribution in [0.3, 0.4) is 0 Å². The number of nitrogens with two attached hydrogens (primary N) is 1. The van der Waals surface area contributed by atoms with Crippen LogP contribution in [0.15, 0.2) is 15.8 Å². The molecule has 9 heteroatoms. The van der Waals surface area contributed by atoms with Gasteiger partial charge in [0.05, 0.1) is 12.8 Å². The number of aliphatic hydroxyl groups is 2. The number of aromatic amines is 1. The highest BCUT2D eigenvalue weighted by molar-refractivity contribution is 4.93. The van der Waals surface area contributed by atoms with Gasteiger partial charge in [-0.2, -0.15) is 4.39 Å². The molecule has 1 aliphatic heterocycles. The zero-order valence-corrected chi connectivity index (χ0v) is 9.82. The lowest BCUT2D eigenvalue weighted by Crippen LogP contribution is -2.41. The third kappa shape index (κ3) is 2.59. The zero-order chi connectivity index (χ0) is 14.2. The van der Waals surface area contributed by atoms with Crippen molar-refractivity contribution in [2.75, 3.05) is 6.61 Å². The van der Waals surface area contributed by atoms with Gasteiger partial charge < -0.3 is 20.7 Å². The predicted molar refractivity (Wildman–Crippen MR) is 60.9 cm³/mol. The lowest BCUT2D eigenvalue weighted by atomic mass is 10.1. The van der Waals surface area contributed by atoms with Crippen LogP contribution < -0.4 is 17.0 Å². The number of rotatable bonds is 3. The first-order chi connectivity index (χ1) is 8.93. The monoisotopic (exact) mass is 275 g/mol. The average Bonchev–Trinajstić information content (AvgIpc) is 2.75. The first-order valence-corrected chi connectivity index (χ1v) is 5.65. The van der Waals surface area contributed by atoms with E-state index in [4.69, 9.17) is 15.6 Å². The third-order valence-electron chi connectivity index (χ3n) is 3.01. The van der Waals surface area contributed by atoms with Crippen LogP contribution in [-0.4, -0.2) is 44.6 Å². The van der Waals surface area contributed by atoms with Crippen LogP contribution in [0.4, 0.5) is 4.39 Å². The van der Waals surface area contributed by atoms with Crippen molar-refractivity contribution in [3.63, 3.8) is 0 Å². The predicted octanol–water partition coefficient (Wildman–Crippen LogP) is -2.36. The smallest absolute Gasteiger partial charge is 0.330 e.